The van der Waals surface area contributed by atoms with Gasteiger partial charge in [0.05, 0.1) is 4.92 Å². The number of ether oxygens (including phenoxy) is 1. The van der Waals surface area contributed by atoms with E-state index in [0.29, 0.717) is 12.6 Å². The number of benzene rings is 1. The van der Waals surface area contributed by atoms with Crippen LogP contribution in [-0.4, -0.2) is 35.3 Å². The van der Waals surface area contributed by atoms with Gasteiger partial charge in [0, 0.05) is 18.7 Å². The van der Waals surface area contributed by atoms with E-state index in [1.54, 1.807) is 12.1 Å². The van der Waals surface area contributed by atoms with E-state index in [1.807, 2.05) is 0 Å². The lowest BCUT2D eigenvalue weighted by Crippen LogP contribution is -2.36. The van der Waals surface area contributed by atoms with Crippen molar-refractivity contribution in [2.75, 3.05) is 13.2 Å². The summed E-state index contributed by atoms with van der Waals surface area (Å²) in [6, 6.07) is 6.66. The van der Waals surface area contributed by atoms with Crippen LogP contribution in [0.25, 0.3) is 0 Å². The highest BCUT2D eigenvalue weighted by molar-refractivity contribution is 5.45. The first-order chi connectivity index (χ1) is 9.66. The van der Waals surface area contributed by atoms with Crippen molar-refractivity contribution in [2.45, 2.75) is 37.8 Å². The number of hydrogen-bond donors (Lipinski definition) is 2. The Morgan fingerprint density at radius 3 is 2.80 bits per heavy atom. The summed E-state index contributed by atoms with van der Waals surface area (Å²) in [6.45, 7) is 0.496. The van der Waals surface area contributed by atoms with Gasteiger partial charge in [-0.2, -0.15) is 0 Å². The first kappa shape index (κ1) is 14.7. The van der Waals surface area contributed by atoms with Crippen molar-refractivity contribution in [3.05, 3.63) is 34.4 Å². The number of aliphatic hydroxyl groups excluding tert-OH is 1. The lowest BCUT2D eigenvalue weighted by atomic mass is 10.2. The number of nitrogens with zero attached hydrogens (tertiary/aromatic N) is 1. The smallest absolute Gasteiger partial charge is 0.310 e. The second kappa shape index (κ2) is 7.21. The third-order valence-electron chi connectivity index (χ3n) is 3.49. The molecule has 6 heteroatoms. The van der Waals surface area contributed by atoms with Crippen LogP contribution >= 0.6 is 0 Å². The minimum Gasteiger partial charge on any atom is -0.484 e. The molecule has 1 aromatic rings. The van der Waals surface area contributed by atoms with Crippen molar-refractivity contribution in [3.8, 4) is 5.75 Å². The Morgan fingerprint density at radius 2 is 2.10 bits per heavy atom. The van der Waals surface area contributed by atoms with E-state index in [0.717, 1.165) is 12.8 Å². The van der Waals surface area contributed by atoms with Gasteiger partial charge in [-0.3, -0.25) is 10.1 Å². The average molecular weight is 280 g/mol. The zero-order chi connectivity index (χ0) is 14.4. The molecular formula is C14H20N2O4. The topological polar surface area (TPSA) is 84.6 Å². The van der Waals surface area contributed by atoms with Crippen molar-refractivity contribution in [3.63, 3.8) is 0 Å². The van der Waals surface area contributed by atoms with E-state index < -0.39 is 11.0 Å². The molecule has 6 nitrogen and oxygen atoms in total. The van der Waals surface area contributed by atoms with Gasteiger partial charge in [-0.15, -0.1) is 0 Å². The largest absolute Gasteiger partial charge is 0.484 e. The lowest BCUT2D eigenvalue weighted by Gasteiger charge is -2.16. The van der Waals surface area contributed by atoms with Gasteiger partial charge < -0.3 is 15.2 Å². The van der Waals surface area contributed by atoms with Crippen molar-refractivity contribution in [1.82, 2.24) is 5.32 Å². The van der Waals surface area contributed by atoms with Crippen LogP contribution in [-0.2, 0) is 0 Å². The third kappa shape index (κ3) is 4.18. The fraction of sp³-hybridized carbons (Fsp3) is 0.571. The normalized spacial score (nSPS) is 17.1. The van der Waals surface area contributed by atoms with Crippen LogP contribution in [0.3, 0.4) is 0 Å². The Labute approximate surface area is 117 Å². The van der Waals surface area contributed by atoms with Crippen LogP contribution < -0.4 is 10.1 Å². The summed E-state index contributed by atoms with van der Waals surface area (Å²) in [5, 5.41) is 24.0. The summed E-state index contributed by atoms with van der Waals surface area (Å²) in [7, 11) is 0. The maximum absolute atomic E-state index is 10.8. The number of para-hydroxylation sites is 2. The van der Waals surface area contributed by atoms with Crippen molar-refractivity contribution in [2.24, 2.45) is 0 Å². The Balaban J connectivity index is 1.77. The van der Waals surface area contributed by atoms with Crippen LogP contribution in [0.15, 0.2) is 24.3 Å². The second-order valence-electron chi connectivity index (χ2n) is 5.08. The van der Waals surface area contributed by atoms with E-state index >= 15 is 0 Å². The van der Waals surface area contributed by atoms with E-state index in [2.05, 4.69) is 5.32 Å². The van der Waals surface area contributed by atoms with Gasteiger partial charge in [-0.05, 0) is 18.9 Å². The van der Waals surface area contributed by atoms with E-state index in [1.165, 1.54) is 25.0 Å². The number of nitro benzene ring substituents is 1. The predicted octanol–water partition coefficient (Wildman–Crippen LogP) is 1.87. The maximum atomic E-state index is 10.8. The van der Waals surface area contributed by atoms with Crippen LogP contribution in [0.5, 0.6) is 5.75 Å². The molecule has 0 saturated heterocycles. The zero-order valence-corrected chi connectivity index (χ0v) is 11.3. The second-order valence-corrected chi connectivity index (χ2v) is 5.08. The standard InChI is InChI=1S/C14H20N2O4/c17-12(9-15-11-5-1-2-6-11)10-20-14-8-4-3-7-13(14)16(18)19/h3-4,7-8,11-12,15,17H,1-2,5-6,9-10H2/t12-/m1/s1. The van der Waals surface area contributed by atoms with E-state index in [-0.39, 0.29) is 18.0 Å². The Bertz CT molecular complexity index is 447. The molecule has 0 unspecified atom stereocenters. The Kier molecular flexibility index (Phi) is 5.31. The van der Waals surface area contributed by atoms with Crippen LogP contribution in [0, 0.1) is 10.1 Å². The molecule has 2 rings (SSSR count). The molecule has 110 valence electrons. The van der Waals surface area contributed by atoms with Crippen molar-refractivity contribution in [1.29, 1.82) is 0 Å². The summed E-state index contributed by atoms with van der Waals surface area (Å²) in [4.78, 5) is 10.3. The molecule has 1 aliphatic carbocycles. The van der Waals surface area contributed by atoms with Gasteiger partial charge in [0.15, 0.2) is 5.75 Å². The zero-order valence-electron chi connectivity index (χ0n) is 11.3. The molecular weight excluding hydrogens is 260 g/mol. The summed E-state index contributed by atoms with van der Waals surface area (Å²) in [5.41, 5.74) is -0.0801. The monoisotopic (exact) mass is 280 g/mol. The molecule has 0 spiro atoms. The van der Waals surface area contributed by atoms with Gasteiger partial charge in [0.1, 0.15) is 12.7 Å². The van der Waals surface area contributed by atoms with Gasteiger partial charge in [0.25, 0.3) is 0 Å². The van der Waals surface area contributed by atoms with E-state index in [9.17, 15) is 15.2 Å². The van der Waals surface area contributed by atoms with Crippen LogP contribution in [0.4, 0.5) is 5.69 Å². The minimum atomic E-state index is -0.671. The summed E-state index contributed by atoms with van der Waals surface area (Å²) in [5.74, 6) is 0.192. The first-order valence-corrected chi connectivity index (χ1v) is 6.94. The first-order valence-electron chi connectivity index (χ1n) is 6.94. The highest BCUT2D eigenvalue weighted by Crippen LogP contribution is 2.25. The summed E-state index contributed by atoms with van der Waals surface area (Å²) < 4.78 is 5.34. The number of aliphatic hydroxyl groups is 1. The Hall–Kier alpha value is -1.66. The fourth-order valence-corrected chi connectivity index (χ4v) is 2.41. The highest BCUT2D eigenvalue weighted by Gasteiger charge is 2.17. The van der Waals surface area contributed by atoms with Gasteiger partial charge in [-0.1, -0.05) is 25.0 Å². The number of rotatable bonds is 7. The van der Waals surface area contributed by atoms with Crippen LogP contribution in [0.1, 0.15) is 25.7 Å². The summed E-state index contributed by atoms with van der Waals surface area (Å²) in [6.07, 6.45) is 4.10. The van der Waals surface area contributed by atoms with Gasteiger partial charge in [-0.25, -0.2) is 0 Å². The molecule has 0 aromatic heterocycles. The molecule has 20 heavy (non-hydrogen) atoms. The SMILES string of the molecule is O=[N+]([O-])c1ccccc1OC[C@H](O)CNC1CCCC1. The molecule has 0 bridgehead atoms. The lowest BCUT2D eigenvalue weighted by molar-refractivity contribution is -0.385. The Morgan fingerprint density at radius 1 is 1.40 bits per heavy atom. The number of nitro groups is 1. The summed E-state index contributed by atoms with van der Waals surface area (Å²) >= 11 is 0. The predicted molar refractivity (Wildman–Crippen MR) is 74.9 cm³/mol. The van der Waals surface area contributed by atoms with Crippen molar-refractivity contribution < 1.29 is 14.8 Å². The maximum Gasteiger partial charge on any atom is 0.310 e. The van der Waals surface area contributed by atoms with Gasteiger partial charge in [0.2, 0.25) is 0 Å². The molecule has 0 aliphatic heterocycles. The number of hydrogen-bond acceptors (Lipinski definition) is 5. The fourth-order valence-electron chi connectivity index (χ4n) is 2.41. The molecule has 1 aromatic carbocycles. The number of nitrogens with one attached hydrogen (secondary N) is 1. The third-order valence-corrected chi connectivity index (χ3v) is 3.49. The van der Waals surface area contributed by atoms with Crippen LogP contribution in [0.2, 0.25) is 0 Å². The van der Waals surface area contributed by atoms with E-state index in [4.69, 9.17) is 4.74 Å². The molecule has 0 radical (unpaired) electrons. The molecule has 0 heterocycles. The average Bonchev–Trinajstić information content (AvgIpc) is 2.96. The molecule has 1 fully saturated rings. The molecule has 0 amide bonds. The highest BCUT2D eigenvalue weighted by atomic mass is 16.6. The quantitative estimate of drug-likeness (QED) is 0.588. The van der Waals surface area contributed by atoms with Gasteiger partial charge >= 0.3 is 5.69 Å². The van der Waals surface area contributed by atoms with Crippen molar-refractivity contribution >= 4 is 5.69 Å². The molecule has 1 saturated carbocycles. The molecule has 1 aliphatic rings. The molecule has 2 N–H and O–H groups in total. The molecule has 1 atom stereocenters. The minimum absolute atomic E-state index is 0.0462.